The van der Waals surface area contributed by atoms with Crippen molar-refractivity contribution in [1.29, 1.82) is 0 Å². The van der Waals surface area contributed by atoms with Gasteiger partial charge in [0.2, 0.25) is 11.9 Å². The summed E-state index contributed by atoms with van der Waals surface area (Å²) in [5.41, 5.74) is 10.2. The molecule has 0 bridgehead atoms. The number of fused-ring (bicyclic) bond motifs is 1. The second-order valence-corrected chi connectivity index (χ2v) is 7.72. The summed E-state index contributed by atoms with van der Waals surface area (Å²) in [6, 6.07) is 5.14. The predicted octanol–water partition coefficient (Wildman–Crippen LogP) is 2.19. The molecule has 1 saturated heterocycles. The van der Waals surface area contributed by atoms with Crippen molar-refractivity contribution in [3.8, 4) is 11.3 Å². The van der Waals surface area contributed by atoms with Gasteiger partial charge in [-0.05, 0) is 38.0 Å². The standard InChI is InChI=1S/C22H24N6O2/c1-12-5-6-16-17(21(30)28-8-7-27(4)20(29)14(28)3)9-18(26-19(16)13(12)2)15-10-24-22(23)25-11-15/h5-6,9-11,14H,7-8H2,1-4H3,(H2,23,24,25). The lowest BCUT2D eigenvalue weighted by atomic mass is 9.98. The molecule has 2 aromatic heterocycles. The SMILES string of the molecule is Cc1ccc2c(C(=O)N3CCN(C)C(=O)C3C)cc(-c3cnc(N)nc3)nc2c1C. The number of nitrogens with zero attached hydrogens (tertiary/aromatic N) is 5. The van der Waals surface area contributed by atoms with Crippen LogP contribution in [-0.4, -0.2) is 62.7 Å². The first-order valence-corrected chi connectivity index (χ1v) is 9.82. The molecule has 8 heteroatoms. The minimum Gasteiger partial charge on any atom is -0.368 e. The Kier molecular flexibility index (Phi) is 4.85. The molecule has 30 heavy (non-hydrogen) atoms. The number of anilines is 1. The number of amides is 2. The summed E-state index contributed by atoms with van der Waals surface area (Å²) in [6.07, 6.45) is 3.19. The molecule has 1 unspecified atom stereocenters. The molecule has 154 valence electrons. The van der Waals surface area contributed by atoms with Crippen LogP contribution in [0.1, 0.15) is 28.4 Å². The van der Waals surface area contributed by atoms with E-state index in [1.165, 1.54) is 0 Å². The Morgan fingerprint density at radius 3 is 2.57 bits per heavy atom. The van der Waals surface area contributed by atoms with E-state index < -0.39 is 6.04 Å². The Hall–Kier alpha value is -3.55. The van der Waals surface area contributed by atoms with E-state index >= 15 is 0 Å². The van der Waals surface area contributed by atoms with Crippen LogP contribution in [0.3, 0.4) is 0 Å². The van der Waals surface area contributed by atoms with Gasteiger partial charge in [-0.25, -0.2) is 15.0 Å². The van der Waals surface area contributed by atoms with Crippen molar-refractivity contribution in [1.82, 2.24) is 24.8 Å². The van der Waals surface area contributed by atoms with E-state index in [1.807, 2.05) is 26.0 Å². The zero-order valence-corrected chi connectivity index (χ0v) is 17.5. The Morgan fingerprint density at radius 1 is 1.17 bits per heavy atom. The molecule has 1 fully saturated rings. The number of hydrogen-bond donors (Lipinski definition) is 1. The molecule has 2 amide bonds. The van der Waals surface area contributed by atoms with Crippen molar-refractivity contribution >= 4 is 28.7 Å². The molecular weight excluding hydrogens is 380 g/mol. The van der Waals surface area contributed by atoms with E-state index in [-0.39, 0.29) is 17.8 Å². The molecule has 3 heterocycles. The van der Waals surface area contributed by atoms with Crippen molar-refractivity contribution < 1.29 is 9.59 Å². The third-order valence-electron chi connectivity index (χ3n) is 5.84. The number of pyridine rings is 1. The van der Waals surface area contributed by atoms with Gasteiger partial charge >= 0.3 is 0 Å². The summed E-state index contributed by atoms with van der Waals surface area (Å²) in [5, 5.41) is 0.766. The molecule has 3 aromatic rings. The van der Waals surface area contributed by atoms with Gasteiger partial charge in [-0.2, -0.15) is 0 Å². The number of carbonyl (C=O) groups excluding carboxylic acids is 2. The van der Waals surface area contributed by atoms with Crippen LogP contribution in [0.5, 0.6) is 0 Å². The molecule has 1 aromatic carbocycles. The fourth-order valence-corrected chi connectivity index (χ4v) is 3.77. The number of likely N-dealkylation sites (N-methyl/N-ethyl adjacent to an activating group) is 1. The normalized spacial score (nSPS) is 16.9. The maximum atomic E-state index is 13.6. The lowest BCUT2D eigenvalue weighted by molar-refractivity contribution is -0.137. The number of nitrogen functional groups attached to an aromatic ring is 1. The number of rotatable bonds is 2. The average molecular weight is 404 g/mol. The topological polar surface area (TPSA) is 105 Å². The van der Waals surface area contributed by atoms with Crippen LogP contribution in [0.15, 0.2) is 30.6 Å². The van der Waals surface area contributed by atoms with Crippen LogP contribution < -0.4 is 5.73 Å². The number of nitrogens with two attached hydrogens (primary N) is 1. The van der Waals surface area contributed by atoms with Crippen LogP contribution in [0.4, 0.5) is 5.95 Å². The van der Waals surface area contributed by atoms with Gasteiger partial charge in [0.25, 0.3) is 5.91 Å². The van der Waals surface area contributed by atoms with Gasteiger partial charge in [-0.15, -0.1) is 0 Å². The zero-order valence-electron chi connectivity index (χ0n) is 17.5. The molecule has 8 nitrogen and oxygen atoms in total. The first-order valence-electron chi connectivity index (χ1n) is 9.82. The molecule has 0 aliphatic carbocycles. The number of piperazine rings is 1. The number of carbonyl (C=O) groups is 2. The molecule has 1 aliphatic heterocycles. The van der Waals surface area contributed by atoms with Crippen molar-refractivity contribution in [2.75, 3.05) is 25.9 Å². The van der Waals surface area contributed by atoms with E-state index in [9.17, 15) is 9.59 Å². The smallest absolute Gasteiger partial charge is 0.255 e. The van der Waals surface area contributed by atoms with Crippen LogP contribution in [0.2, 0.25) is 0 Å². The van der Waals surface area contributed by atoms with Crippen molar-refractivity contribution in [2.24, 2.45) is 0 Å². The Balaban J connectivity index is 1.89. The first-order chi connectivity index (χ1) is 14.3. The molecule has 1 aliphatic rings. The molecule has 0 saturated carbocycles. The fraction of sp³-hybridized carbons (Fsp3) is 0.318. The van der Waals surface area contributed by atoms with Gasteiger partial charge in [0, 0.05) is 43.5 Å². The van der Waals surface area contributed by atoms with Gasteiger partial charge in [-0.1, -0.05) is 12.1 Å². The van der Waals surface area contributed by atoms with E-state index in [0.717, 1.165) is 22.0 Å². The largest absolute Gasteiger partial charge is 0.368 e. The lowest BCUT2D eigenvalue weighted by Crippen LogP contribution is -2.56. The van der Waals surface area contributed by atoms with E-state index in [1.54, 1.807) is 42.2 Å². The Labute approximate surface area is 174 Å². The molecular formula is C22H24N6O2. The number of benzene rings is 1. The van der Waals surface area contributed by atoms with E-state index in [0.29, 0.717) is 29.9 Å². The maximum absolute atomic E-state index is 13.6. The Bertz CT molecular complexity index is 1160. The zero-order chi connectivity index (χ0) is 21.6. The van der Waals surface area contributed by atoms with Gasteiger partial charge in [0.15, 0.2) is 0 Å². The van der Waals surface area contributed by atoms with Gasteiger partial charge < -0.3 is 15.5 Å². The summed E-state index contributed by atoms with van der Waals surface area (Å²) in [5.74, 6) is -0.0722. The van der Waals surface area contributed by atoms with Gasteiger partial charge in [0.1, 0.15) is 6.04 Å². The monoisotopic (exact) mass is 404 g/mol. The molecule has 0 spiro atoms. The number of hydrogen-bond acceptors (Lipinski definition) is 6. The van der Waals surface area contributed by atoms with Crippen LogP contribution in [-0.2, 0) is 4.79 Å². The molecule has 0 radical (unpaired) electrons. The highest BCUT2D eigenvalue weighted by Gasteiger charge is 2.34. The predicted molar refractivity (Wildman–Crippen MR) is 115 cm³/mol. The summed E-state index contributed by atoms with van der Waals surface area (Å²) >= 11 is 0. The third kappa shape index (κ3) is 3.24. The van der Waals surface area contributed by atoms with Crippen molar-refractivity contribution in [3.05, 3.63) is 47.3 Å². The minimum atomic E-state index is -0.519. The third-order valence-corrected chi connectivity index (χ3v) is 5.84. The van der Waals surface area contributed by atoms with Crippen LogP contribution >= 0.6 is 0 Å². The van der Waals surface area contributed by atoms with Crippen LogP contribution in [0.25, 0.3) is 22.2 Å². The van der Waals surface area contributed by atoms with Crippen molar-refractivity contribution in [3.63, 3.8) is 0 Å². The summed E-state index contributed by atoms with van der Waals surface area (Å²) in [4.78, 5) is 42.2. The van der Waals surface area contributed by atoms with Gasteiger partial charge in [0.05, 0.1) is 16.8 Å². The number of aryl methyl sites for hydroxylation is 2. The van der Waals surface area contributed by atoms with Crippen LogP contribution in [0, 0.1) is 13.8 Å². The van der Waals surface area contributed by atoms with E-state index in [4.69, 9.17) is 10.7 Å². The molecule has 2 N–H and O–H groups in total. The highest BCUT2D eigenvalue weighted by Crippen LogP contribution is 2.29. The fourth-order valence-electron chi connectivity index (χ4n) is 3.77. The van der Waals surface area contributed by atoms with Gasteiger partial charge in [-0.3, -0.25) is 9.59 Å². The minimum absolute atomic E-state index is 0.0628. The quantitative estimate of drug-likeness (QED) is 0.702. The highest BCUT2D eigenvalue weighted by molar-refractivity contribution is 6.09. The second kappa shape index (κ2) is 7.37. The second-order valence-electron chi connectivity index (χ2n) is 7.72. The lowest BCUT2D eigenvalue weighted by Gasteiger charge is -2.37. The summed E-state index contributed by atoms with van der Waals surface area (Å²) in [7, 11) is 1.76. The van der Waals surface area contributed by atoms with E-state index in [2.05, 4.69) is 9.97 Å². The Morgan fingerprint density at radius 2 is 1.87 bits per heavy atom. The summed E-state index contributed by atoms with van der Waals surface area (Å²) in [6.45, 7) is 6.76. The van der Waals surface area contributed by atoms with Crippen molar-refractivity contribution in [2.45, 2.75) is 26.8 Å². The molecule has 1 atom stereocenters. The number of aromatic nitrogens is 3. The molecule has 4 rings (SSSR count). The maximum Gasteiger partial charge on any atom is 0.255 e. The first kappa shape index (κ1) is 19.8. The highest BCUT2D eigenvalue weighted by atomic mass is 16.2. The summed E-state index contributed by atoms with van der Waals surface area (Å²) < 4.78 is 0. The average Bonchev–Trinajstić information content (AvgIpc) is 2.74.